The van der Waals surface area contributed by atoms with Crippen LogP contribution < -0.4 is 4.90 Å². The Balaban J connectivity index is 1.70. The quantitative estimate of drug-likeness (QED) is 0.659. The molecule has 7 nitrogen and oxygen atoms in total. The van der Waals surface area contributed by atoms with Gasteiger partial charge in [0.15, 0.2) is 0 Å². The predicted octanol–water partition coefficient (Wildman–Crippen LogP) is 2.73. The van der Waals surface area contributed by atoms with Gasteiger partial charge in [0.1, 0.15) is 0 Å². The number of aromatic nitrogens is 4. The average Bonchev–Trinajstić information content (AvgIpc) is 3.24. The molecule has 0 aliphatic carbocycles. The molecule has 0 atom stereocenters. The van der Waals surface area contributed by atoms with Crippen LogP contribution in [-0.4, -0.2) is 45.0 Å². The molecular weight excluding hydrogens is 316 g/mol. The van der Waals surface area contributed by atoms with Crippen LogP contribution in [0.3, 0.4) is 0 Å². The summed E-state index contributed by atoms with van der Waals surface area (Å²) in [5, 5.41) is 8.44. The molecule has 3 aromatic rings. The Morgan fingerprint density at radius 1 is 1.12 bits per heavy atom. The van der Waals surface area contributed by atoms with Crippen molar-refractivity contribution in [2.24, 2.45) is 0 Å². The molecule has 132 valence electrons. The van der Waals surface area contributed by atoms with Crippen LogP contribution in [0.2, 0.25) is 0 Å². The fraction of sp³-hybridized carbons (Fsp3) is 0.389. The van der Waals surface area contributed by atoms with E-state index in [9.17, 15) is 0 Å². The molecule has 0 saturated carbocycles. The molecular formula is C18H24N6O. The van der Waals surface area contributed by atoms with Gasteiger partial charge in [-0.15, -0.1) is 0 Å². The minimum Gasteiger partial charge on any atom is -0.344 e. The van der Waals surface area contributed by atoms with Crippen LogP contribution >= 0.6 is 0 Å². The lowest BCUT2D eigenvalue weighted by Crippen LogP contribution is -2.29. The van der Waals surface area contributed by atoms with Crippen molar-refractivity contribution in [3.8, 4) is 5.69 Å². The first kappa shape index (κ1) is 17.2. The Hall–Kier alpha value is -2.67. The van der Waals surface area contributed by atoms with Gasteiger partial charge in [-0.2, -0.15) is 10.1 Å². The molecule has 0 N–H and O–H groups in total. The molecule has 2 aromatic heterocycles. The maximum absolute atomic E-state index is 5.35. The summed E-state index contributed by atoms with van der Waals surface area (Å²) in [5.41, 5.74) is 2.20. The Morgan fingerprint density at radius 3 is 2.52 bits per heavy atom. The molecule has 0 unspecified atom stereocenters. The third-order valence-electron chi connectivity index (χ3n) is 3.97. The van der Waals surface area contributed by atoms with Crippen LogP contribution in [0.5, 0.6) is 0 Å². The normalized spacial score (nSPS) is 11.4. The van der Waals surface area contributed by atoms with Crippen molar-refractivity contribution in [2.45, 2.75) is 33.0 Å². The number of anilines is 1. The second kappa shape index (κ2) is 7.48. The highest BCUT2D eigenvalue weighted by Gasteiger charge is 2.17. The molecule has 0 bridgehead atoms. The largest absolute Gasteiger partial charge is 0.344 e. The van der Waals surface area contributed by atoms with E-state index in [1.807, 2.05) is 60.2 Å². The summed E-state index contributed by atoms with van der Waals surface area (Å²) in [6.45, 7) is 5.69. The van der Waals surface area contributed by atoms with Crippen molar-refractivity contribution in [3.63, 3.8) is 0 Å². The molecule has 2 heterocycles. The van der Waals surface area contributed by atoms with E-state index in [1.54, 1.807) is 0 Å². The SMILES string of the molecule is CC(C)N(Cc1cnn(-c2ccccc2)c1)Cc1nc(N(C)C)no1. The van der Waals surface area contributed by atoms with Crippen LogP contribution in [0.15, 0.2) is 47.2 Å². The number of nitrogens with zero attached hydrogens (tertiary/aromatic N) is 6. The number of hydrogen-bond acceptors (Lipinski definition) is 6. The monoisotopic (exact) mass is 340 g/mol. The average molecular weight is 340 g/mol. The lowest BCUT2D eigenvalue weighted by Gasteiger charge is -2.23. The van der Waals surface area contributed by atoms with Crippen LogP contribution in [0.1, 0.15) is 25.3 Å². The molecule has 0 spiro atoms. The van der Waals surface area contributed by atoms with Crippen LogP contribution in [0, 0.1) is 0 Å². The zero-order valence-corrected chi connectivity index (χ0v) is 15.1. The highest BCUT2D eigenvalue weighted by atomic mass is 16.5. The molecule has 25 heavy (non-hydrogen) atoms. The van der Waals surface area contributed by atoms with E-state index in [4.69, 9.17) is 4.52 Å². The molecule has 0 radical (unpaired) electrons. The van der Waals surface area contributed by atoms with E-state index in [0.29, 0.717) is 24.4 Å². The van der Waals surface area contributed by atoms with Gasteiger partial charge in [0.25, 0.3) is 5.95 Å². The van der Waals surface area contributed by atoms with E-state index in [2.05, 4.69) is 40.2 Å². The molecule has 0 aliphatic rings. The molecule has 0 fully saturated rings. The van der Waals surface area contributed by atoms with Gasteiger partial charge in [-0.1, -0.05) is 18.2 Å². The number of benzene rings is 1. The third-order valence-corrected chi connectivity index (χ3v) is 3.97. The predicted molar refractivity (Wildman–Crippen MR) is 96.6 cm³/mol. The Bertz CT molecular complexity index is 793. The molecule has 1 aromatic carbocycles. The smallest absolute Gasteiger partial charge is 0.265 e. The summed E-state index contributed by atoms with van der Waals surface area (Å²) < 4.78 is 7.25. The van der Waals surface area contributed by atoms with Crippen LogP contribution in [0.4, 0.5) is 5.95 Å². The topological polar surface area (TPSA) is 63.2 Å². The summed E-state index contributed by atoms with van der Waals surface area (Å²) >= 11 is 0. The van der Waals surface area contributed by atoms with E-state index in [0.717, 1.165) is 17.8 Å². The fourth-order valence-electron chi connectivity index (χ4n) is 2.48. The van der Waals surface area contributed by atoms with Crippen LogP contribution in [0.25, 0.3) is 5.69 Å². The van der Waals surface area contributed by atoms with Crippen molar-refractivity contribution in [3.05, 3.63) is 54.2 Å². The van der Waals surface area contributed by atoms with E-state index >= 15 is 0 Å². The van der Waals surface area contributed by atoms with Crippen LogP contribution in [-0.2, 0) is 13.1 Å². The maximum atomic E-state index is 5.35. The van der Waals surface area contributed by atoms with Gasteiger partial charge in [-0.25, -0.2) is 4.68 Å². The van der Waals surface area contributed by atoms with Gasteiger partial charge in [-0.05, 0) is 31.1 Å². The van der Waals surface area contributed by atoms with Gasteiger partial charge >= 0.3 is 0 Å². The third kappa shape index (κ3) is 4.24. The molecule has 3 rings (SSSR count). The minimum atomic E-state index is 0.342. The summed E-state index contributed by atoms with van der Waals surface area (Å²) in [6, 6.07) is 10.4. The molecule has 7 heteroatoms. The molecule has 0 saturated heterocycles. The highest BCUT2D eigenvalue weighted by Crippen LogP contribution is 2.15. The van der Waals surface area contributed by atoms with Crippen molar-refractivity contribution >= 4 is 5.95 Å². The Kier molecular flexibility index (Phi) is 5.14. The van der Waals surface area contributed by atoms with Crippen molar-refractivity contribution in [1.82, 2.24) is 24.8 Å². The van der Waals surface area contributed by atoms with E-state index in [-0.39, 0.29) is 0 Å². The van der Waals surface area contributed by atoms with E-state index in [1.165, 1.54) is 0 Å². The summed E-state index contributed by atoms with van der Waals surface area (Å²) in [5.74, 6) is 1.21. The maximum Gasteiger partial charge on any atom is 0.265 e. The lowest BCUT2D eigenvalue weighted by molar-refractivity contribution is 0.176. The summed E-state index contributed by atoms with van der Waals surface area (Å²) in [4.78, 5) is 8.52. The highest BCUT2D eigenvalue weighted by molar-refractivity contribution is 5.31. The van der Waals surface area contributed by atoms with E-state index < -0.39 is 0 Å². The van der Waals surface area contributed by atoms with Gasteiger partial charge in [0.2, 0.25) is 5.89 Å². The fourth-order valence-corrected chi connectivity index (χ4v) is 2.48. The first-order valence-corrected chi connectivity index (χ1v) is 8.36. The van der Waals surface area contributed by atoms with Crippen molar-refractivity contribution in [2.75, 3.05) is 19.0 Å². The first-order valence-electron chi connectivity index (χ1n) is 8.36. The van der Waals surface area contributed by atoms with Crippen molar-refractivity contribution in [1.29, 1.82) is 0 Å². The first-order chi connectivity index (χ1) is 12.0. The lowest BCUT2D eigenvalue weighted by atomic mass is 10.2. The second-order valence-corrected chi connectivity index (χ2v) is 6.51. The zero-order valence-electron chi connectivity index (χ0n) is 15.1. The molecule has 0 amide bonds. The second-order valence-electron chi connectivity index (χ2n) is 6.51. The number of rotatable bonds is 7. The summed E-state index contributed by atoms with van der Waals surface area (Å²) in [7, 11) is 3.79. The Morgan fingerprint density at radius 2 is 1.88 bits per heavy atom. The standard InChI is InChI=1S/C18H24N6O/c1-14(2)23(13-17-20-18(21-25-17)22(3)4)11-15-10-19-24(12-15)16-8-6-5-7-9-16/h5-10,12,14H,11,13H2,1-4H3. The van der Waals surface area contributed by atoms with Crippen molar-refractivity contribution < 1.29 is 4.52 Å². The zero-order chi connectivity index (χ0) is 17.8. The molecule has 0 aliphatic heterocycles. The summed E-state index contributed by atoms with van der Waals surface area (Å²) in [6.07, 6.45) is 3.96. The van der Waals surface area contributed by atoms with Gasteiger partial charge in [-0.3, -0.25) is 4.90 Å². The van der Waals surface area contributed by atoms with Gasteiger partial charge in [0, 0.05) is 38.4 Å². The number of para-hydroxylation sites is 1. The number of hydrogen-bond donors (Lipinski definition) is 0. The van der Waals surface area contributed by atoms with Gasteiger partial charge < -0.3 is 9.42 Å². The minimum absolute atomic E-state index is 0.342. The van der Waals surface area contributed by atoms with Gasteiger partial charge in [0.05, 0.1) is 18.4 Å². The Labute approximate surface area is 147 Å².